The van der Waals surface area contributed by atoms with E-state index in [9.17, 15) is 9.59 Å². The number of fused-ring (bicyclic) bond motifs is 2. The van der Waals surface area contributed by atoms with Crippen LogP contribution in [-0.4, -0.2) is 18.5 Å². The van der Waals surface area contributed by atoms with Gasteiger partial charge in [0.15, 0.2) is 6.61 Å². The third kappa shape index (κ3) is 3.72. The number of halogens is 1. The van der Waals surface area contributed by atoms with Crippen LogP contribution in [0.4, 0.5) is 11.4 Å². The zero-order valence-corrected chi connectivity index (χ0v) is 17.1. The molecule has 4 nitrogen and oxygen atoms in total. The molecule has 1 heterocycles. The van der Waals surface area contributed by atoms with Crippen molar-refractivity contribution in [2.24, 2.45) is 0 Å². The molecule has 0 aliphatic carbocycles. The van der Waals surface area contributed by atoms with Gasteiger partial charge in [-0.1, -0.05) is 36.0 Å². The second-order valence-electron chi connectivity index (χ2n) is 5.85. The Kier molecular flexibility index (Phi) is 5.18. The summed E-state index contributed by atoms with van der Waals surface area (Å²) in [6.45, 7) is -0.321. The van der Waals surface area contributed by atoms with E-state index in [0.717, 1.165) is 24.7 Å². The molecule has 27 heavy (non-hydrogen) atoms. The smallest absolute Gasteiger partial charge is 0.338 e. The molecule has 6 heteroatoms. The van der Waals surface area contributed by atoms with Crippen molar-refractivity contribution in [3.8, 4) is 0 Å². The van der Waals surface area contributed by atoms with Crippen molar-refractivity contribution < 1.29 is 14.3 Å². The first-order valence-electron chi connectivity index (χ1n) is 8.25. The van der Waals surface area contributed by atoms with Crippen LogP contribution in [0.1, 0.15) is 10.4 Å². The fourth-order valence-electron chi connectivity index (χ4n) is 2.83. The lowest BCUT2D eigenvalue weighted by atomic mass is 10.2. The van der Waals surface area contributed by atoms with Gasteiger partial charge in [-0.25, -0.2) is 4.79 Å². The maximum Gasteiger partial charge on any atom is 0.338 e. The molecule has 0 aromatic heterocycles. The van der Waals surface area contributed by atoms with E-state index in [1.807, 2.05) is 60.7 Å². The van der Waals surface area contributed by atoms with Crippen LogP contribution < -0.4 is 4.90 Å². The van der Waals surface area contributed by atoms with Crippen LogP contribution in [-0.2, 0) is 9.53 Å². The summed E-state index contributed by atoms with van der Waals surface area (Å²) in [5.41, 5.74) is 2.03. The molecule has 0 unspecified atom stereocenters. The monoisotopic (exact) mass is 487 g/mol. The highest BCUT2D eigenvalue weighted by Crippen LogP contribution is 2.47. The molecule has 3 aromatic carbocycles. The van der Waals surface area contributed by atoms with Crippen LogP contribution in [0.15, 0.2) is 82.6 Å². The largest absolute Gasteiger partial charge is 0.452 e. The minimum absolute atomic E-state index is 0.283. The Balaban J connectivity index is 1.57. The Labute approximate surface area is 174 Å². The van der Waals surface area contributed by atoms with Gasteiger partial charge in [0, 0.05) is 13.4 Å². The highest BCUT2D eigenvalue weighted by atomic mass is 127. The maximum absolute atomic E-state index is 13.0. The van der Waals surface area contributed by atoms with Gasteiger partial charge < -0.3 is 4.74 Å². The summed E-state index contributed by atoms with van der Waals surface area (Å²) in [5, 5.41) is 0. The van der Waals surface area contributed by atoms with Gasteiger partial charge >= 0.3 is 5.97 Å². The Bertz CT molecular complexity index is 974. The van der Waals surface area contributed by atoms with Gasteiger partial charge in [0.05, 0.1) is 16.9 Å². The number of benzene rings is 3. The molecule has 0 saturated carbocycles. The van der Waals surface area contributed by atoms with Crippen LogP contribution in [0.5, 0.6) is 0 Å². The molecule has 0 spiro atoms. The Morgan fingerprint density at radius 2 is 1.41 bits per heavy atom. The standard InChI is InChI=1S/C21H14INO3S/c22-15-11-9-14(10-12-15)21(25)26-13-20(24)23-16-5-1-3-7-18(16)27-19-8-4-2-6-17(19)23/h1-12H,13H2. The zero-order chi connectivity index (χ0) is 18.8. The zero-order valence-electron chi connectivity index (χ0n) is 14.1. The van der Waals surface area contributed by atoms with Crippen molar-refractivity contribution in [3.05, 3.63) is 81.9 Å². The quantitative estimate of drug-likeness (QED) is 0.373. The van der Waals surface area contributed by atoms with Crippen molar-refractivity contribution >= 4 is 57.6 Å². The number of amides is 1. The number of nitrogens with zero attached hydrogens (tertiary/aromatic N) is 1. The molecule has 0 N–H and O–H groups in total. The summed E-state index contributed by atoms with van der Waals surface area (Å²) in [6.07, 6.45) is 0. The number of hydrogen-bond acceptors (Lipinski definition) is 4. The lowest BCUT2D eigenvalue weighted by Gasteiger charge is -2.30. The average Bonchev–Trinajstić information content (AvgIpc) is 2.70. The number of ether oxygens (including phenoxy) is 1. The van der Waals surface area contributed by atoms with Crippen LogP contribution >= 0.6 is 34.4 Å². The predicted octanol–water partition coefficient (Wildman–Crippen LogP) is 5.28. The minimum atomic E-state index is -0.507. The van der Waals surface area contributed by atoms with Gasteiger partial charge in [0.1, 0.15) is 0 Å². The highest BCUT2D eigenvalue weighted by Gasteiger charge is 2.28. The number of carbonyl (C=O) groups excluding carboxylic acids is 2. The molecule has 0 saturated heterocycles. The lowest BCUT2D eigenvalue weighted by Crippen LogP contribution is -2.32. The maximum atomic E-state index is 13.0. The third-order valence-corrected chi connectivity index (χ3v) is 5.94. The molecular weight excluding hydrogens is 473 g/mol. The normalized spacial score (nSPS) is 12.1. The number of carbonyl (C=O) groups is 2. The molecule has 1 amide bonds. The fraction of sp³-hybridized carbons (Fsp3) is 0.0476. The summed E-state index contributed by atoms with van der Waals surface area (Å²) < 4.78 is 6.30. The summed E-state index contributed by atoms with van der Waals surface area (Å²) in [5.74, 6) is -0.790. The molecule has 3 aromatic rings. The molecule has 1 aliphatic heterocycles. The van der Waals surface area contributed by atoms with E-state index in [1.54, 1.807) is 28.8 Å². The van der Waals surface area contributed by atoms with E-state index < -0.39 is 5.97 Å². The van der Waals surface area contributed by atoms with E-state index >= 15 is 0 Å². The predicted molar refractivity (Wildman–Crippen MR) is 114 cm³/mol. The van der Waals surface area contributed by atoms with Gasteiger partial charge in [-0.05, 0) is 71.1 Å². The molecule has 0 atom stereocenters. The Morgan fingerprint density at radius 1 is 0.852 bits per heavy atom. The van der Waals surface area contributed by atoms with Crippen LogP contribution in [0, 0.1) is 3.57 Å². The first kappa shape index (κ1) is 18.1. The Hall–Kier alpha value is -2.32. The average molecular weight is 487 g/mol. The first-order chi connectivity index (χ1) is 13.1. The molecular formula is C21H14INO3S. The number of anilines is 2. The van der Waals surface area contributed by atoms with Gasteiger partial charge in [-0.2, -0.15) is 0 Å². The van der Waals surface area contributed by atoms with Crippen molar-refractivity contribution in [1.82, 2.24) is 0 Å². The molecule has 4 rings (SSSR count). The van der Waals surface area contributed by atoms with E-state index in [2.05, 4.69) is 22.6 Å². The van der Waals surface area contributed by atoms with E-state index in [0.29, 0.717) is 5.56 Å². The van der Waals surface area contributed by atoms with Gasteiger partial charge in [-0.15, -0.1) is 0 Å². The fourth-order valence-corrected chi connectivity index (χ4v) is 4.25. The topological polar surface area (TPSA) is 46.6 Å². The van der Waals surface area contributed by atoms with Crippen molar-refractivity contribution in [2.45, 2.75) is 9.79 Å². The number of rotatable bonds is 3. The van der Waals surface area contributed by atoms with Gasteiger partial charge in [0.25, 0.3) is 5.91 Å². The lowest BCUT2D eigenvalue weighted by molar-refractivity contribution is -0.121. The van der Waals surface area contributed by atoms with Gasteiger partial charge in [-0.3, -0.25) is 9.69 Å². The summed E-state index contributed by atoms with van der Waals surface area (Å²) >= 11 is 3.79. The third-order valence-electron chi connectivity index (χ3n) is 4.09. The second-order valence-corrected chi connectivity index (χ2v) is 8.18. The summed E-state index contributed by atoms with van der Waals surface area (Å²) in [6, 6.07) is 22.5. The van der Waals surface area contributed by atoms with E-state index in [1.165, 1.54) is 0 Å². The highest BCUT2D eigenvalue weighted by molar-refractivity contribution is 14.1. The number of hydrogen-bond donors (Lipinski definition) is 0. The van der Waals surface area contributed by atoms with Crippen molar-refractivity contribution in [1.29, 1.82) is 0 Å². The second kappa shape index (κ2) is 7.74. The van der Waals surface area contributed by atoms with E-state index in [-0.39, 0.29) is 12.5 Å². The summed E-state index contributed by atoms with van der Waals surface area (Å²) in [4.78, 5) is 28.8. The van der Waals surface area contributed by atoms with E-state index in [4.69, 9.17) is 4.74 Å². The van der Waals surface area contributed by atoms with Crippen molar-refractivity contribution in [2.75, 3.05) is 11.5 Å². The summed E-state index contributed by atoms with van der Waals surface area (Å²) in [7, 11) is 0. The minimum Gasteiger partial charge on any atom is -0.452 e. The molecule has 134 valence electrons. The number of para-hydroxylation sites is 2. The molecule has 0 fully saturated rings. The SMILES string of the molecule is O=C(OCC(=O)N1c2ccccc2Sc2ccccc21)c1ccc(I)cc1. The molecule has 1 aliphatic rings. The molecule has 0 bridgehead atoms. The van der Waals surface area contributed by atoms with Crippen LogP contribution in [0.3, 0.4) is 0 Å². The van der Waals surface area contributed by atoms with Gasteiger partial charge in [0.2, 0.25) is 0 Å². The Morgan fingerprint density at radius 3 is 2.00 bits per heavy atom. The molecule has 0 radical (unpaired) electrons. The van der Waals surface area contributed by atoms with Crippen LogP contribution in [0.2, 0.25) is 0 Å². The van der Waals surface area contributed by atoms with Crippen molar-refractivity contribution in [3.63, 3.8) is 0 Å². The number of esters is 1. The van der Waals surface area contributed by atoms with Crippen LogP contribution in [0.25, 0.3) is 0 Å². The first-order valence-corrected chi connectivity index (χ1v) is 10.1.